The molecule has 160 valence electrons. The van der Waals surface area contributed by atoms with E-state index in [1.807, 2.05) is 0 Å². The lowest BCUT2D eigenvalue weighted by Crippen LogP contribution is -2.31. The first-order valence-electron chi connectivity index (χ1n) is 9.36. The number of ether oxygens (including phenoxy) is 3. The number of benzene rings is 1. The number of hydrogen-bond donors (Lipinski definition) is 1. The average molecular weight is 424 g/mol. The zero-order valence-electron chi connectivity index (χ0n) is 16.0. The molecule has 0 amide bonds. The Hall–Kier alpha value is -3.08. The van der Waals surface area contributed by atoms with Crippen LogP contribution in [0.25, 0.3) is 16.5 Å². The van der Waals surface area contributed by atoms with E-state index in [1.54, 1.807) is 12.1 Å². The third-order valence-electron chi connectivity index (χ3n) is 4.79. The second kappa shape index (κ2) is 7.98. The van der Waals surface area contributed by atoms with Gasteiger partial charge in [-0.1, -0.05) is 0 Å². The smallest absolute Gasteiger partial charge is 0.425 e. The third kappa shape index (κ3) is 4.11. The van der Waals surface area contributed by atoms with Crippen molar-refractivity contribution >= 4 is 10.8 Å². The fraction of sp³-hybridized carbons (Fsp3) is 0.421. The molecule has 1 aromatic carbocycles. The molecule has 0 aliphatic carbocycles. The lowest BCUT2D eigenvalue weighted by atomic mass is 10.1. The van der Waals surface area contributed by atoms with Gasteiger partial charge in [-0.2, -0.15) is 23.0 Å². The maximum absolute atomic E-state index is 13.2. The molecule has 0 bridgehead atoms. The second-order valence-corrected chi connectivity index (χ2v) is 6.90. The van der Waals surface area contributed by atoms with Gasteiger partial charge in [-0.15, -0.1) is 0 Å². The van der Waals surface area contributed by atoms with Crippen LogP contribution in [0.1, 0.15) is 19.8 Å². The van der Waals surface area contributed by atoms with Crippen LogP contribution in [0.5, 0.6) is 11.6 Å². The molecule has 3 aromatic rings. The molecule has 1 saturated heterocycles. The van der Waals surface area contributed by atoms with Gasteiger partial charge in [0.05, 0.1) is 24.3 Å². The zero-order valence-corrected chi connectivity index (χ0v) is 16.0. The van der Waals surface area contributed by atoms with Crippen LogP contribution in [0.2, 0.25) is 0 Å². The average Bonchev–Trinajstić information content (AvgIpc) is 3.14. The lowest BCUT2D eigenvalue weighted by molar-refractivity contribution is -0.189. The highest BCUT2D eigenvalue weighted by molar-refractivity contribution is 5.94. The summed E-state index contributed by atoms with van der Waals surface area (Å²) in [5, 5.41) is 4.69. The predicted molar refractivity (Wildman–Crippen MR) is 100 cm³/mol. The highest BCUT2D eigenvalue weighted by atomic mass is 19.4. The first kappa shape index (κ1) is 20.2. The largest absolute Gasteiger partial charge is 0.480 e. The van der Waals surface area contributed by atoms with Crippen molar-refractivity contribution in [3.63, 3.8) is 0 Å². The monoisotopic (exact) mass is 424 g/mol. The molecule has 0 radical (unpaired) electrons. The van der Waals surface area contributed by atoms with Gasteiger partial charge in [0.25, 0.3) is 0 Å². The topological polar surface area (TPSA) is 91.3 Å². The van der Waals surface area contributed by atoms with E-state index in [4.69, 9.17) is 14.2 Å². The number of nitrogens with zero attached hydrogens (tertiary/aromatic N) is 3. The van der Waals surface area contributed by atoms with Crippen LogP contribution in [0.4, 0.5) is 13.2 Å². The lowest BCUT2D eigenvalue weighted by Gasteiger charge is -2.24. The summed E-state index contributed by atoms with van der Waals surface area (Å²) in [6.07, 6.45) is -2.85. The molecule has 2 aromatic heterocycles. The highest BCUT2D eigenvalue weighted by Gasteiger charge is 2.38. The number of pyridine rings is 1. The Kier molecular flexibility index (Phi) is 5.37. The van der Waals surface area contributed by atoms with Crippen LogP contribution in [-0.4, -0.2) is 51.3 Å². The maximum atomic E-state index is 13.2. The fourth-order valence-electron chi connectivity index (χ4n) is 3.18. The number of rotatable bonds is 5. The van der Waals surface area contributed by atoms with Crippen molar-refractivity contribution < 1.29 is 27.4 Å². The summed E-state index contributed by atoms with van der Waals surface area (Å²) in [5.41, 5.74) is -0.279. The fourth-order valence-corrected chi connectivity index (χ4v) is 3.18. The van der Waals surface area contributed by atoms with Crippen molar-refractivity contribution in [2.75, 3.05) is 13.2 Å². The Morgan fingerprint density at radius 1 is 1.30 bits per heavy atom. The Labute approximate surface area is 168 Å². The second-order valence-electron chi connectivity index (χ2n) is 6.90. The molecule has 1 fully saturated rings. The highest BCUT2D eigenvalue weighted by Crippen LogP contribution is 2.37. The molecule has 1 N–H and O–H groups in total. The molecule has 3 heterocycles. The number of fused-ring (bicyclic) bond motifs is 1. The first-order valence-corrected chi connectivity index (χ1v) is 9.36. The summed E-state index contributed by atoms with van der Waals surface area (Å²) >= 11 is 0. The molecule has 11 heteroatoms. The van der Waals surface area contributed by atoms with Gasteiger partial charge in [-0.3, -0.25) is 4.98 Å². The van der Waals surface area contributed by atoms with E-state index >= 15 is 0 Å². The number of aromatic nitrogens is 4. The summed E-state index contributed by atoms with van der Waals surface area (Å²) in [4.78, 5) is 18.6. The van der Waals surface area contributed by atoms with E-state index in [2.05, 4.69) is 15.1 Å². The van der Waals surface area contributed by atoms with Crippen LogP contribution >= 0.6 is 0 Å². The van der Waals surface area contributed by atoms with E-state index in [0.717, 1.165) is 11.6 Å². The van der Waals surface area contributed by atoms with Crippen molar-refractivity contribution in [3.8, 4) is 17.3 Å². The first-order chi connectivity index (χ1) is 14.3. The SMILES string of the molecule is CC(Oc1cc(-n2nc[nH]c2=O)cc2ccnc(OC3CCOCC3)c12)C(F)(F)F. The number of alkyl halides is 3. The normalized spacial score (nSPS) is 16.5. The molecule has 4 rings (SSSR count). The predicted octanol–water partition coefficient (Wildman–Crippen LogP) is 3.00. The maximum Gasteiger partial charge on any atom is 0.425 e. The standard InChI is InChI=1S/C19H19F3N4O4/c1-11(19(20,21)22)29-15-9-13(26-18(27)24-10-25-26)8-12-2-5-23-17(16(12)15)30-14-3-6-28-7-4-14/h2,5,8-11,14H,3-4,6-7H2,1H3,(H,24,25,27). The van der Waals surface area contributed by atoms with Crippen molar-refractivity contribution in [2.24, 2.45) is 0 Å². The third-order valence-corrected chi connectivity index (χ3v) is 4.79. The molecule has 1 aliphatic rings. The Morgan fingerprint density at radius 3 is 2.73 bits per heavy atom. The van der Waals surface area contributed by atoms with Crippen LogP contribution in [-0.2, 0) is 4.74 Å². The quantitative estimate of drug-likeness (QED) is 0.677. The molecule has 1 aliphatic heterocycles. The van der Waals surface area contributed by atoms with E-state index in [1.165, 1.54) is 18.6 Å². The molecule has 8 nitrogen and oxygen atoms in total. The van der Waals surface area contributed by atoms with E-state index in [-0.39, 0.29) is 23.4 Å². The van der Waals surface area contributed by atoms with Gasteiger partial charge >= 0.3 is 11.9 Å². The molecule has 0 saturated carbocycles. The molecule has 30 heavy (non-hydrogen) atoms. The minimum absolute atomic E-state index is 0.0996. The Balaban J connectivity index is 1.83. The van der Waals surface area contributed by atoms with Crippen LogP contribution in [0.15, 0.2) is 35.5 Å². The summed E-state index contributed by atoms with van der Waals surface area (Å²) < 4.78 is 57.2. The van der Waals surface area contributed by atoms with Crippen LogP contribution in [0.3, 0.4) is 0 Å². The Bertz CT molecular complexity index is 1090. The minimum atomic E-state index is -4.57. The molecular formula is C19H19F3N4O4. The van der Waals surface area contributed by atoms with Crippen LogP contribution < -0.4 is 15.2 Å². The Morgan fingerprint density at radius 2 is 2.07 bits per heavy atom. The number of halogens is 3. The van der Waals surface area contributed by atoms with Crippen molar-refractivity contribution in [1.29, 1.82) is 0 Å². The van der Waals surface area contributed by atoms with Gasteiger partial charge in [-0.05, 0) is 24.4 Å². The summed E-state index contributed by atoms with van der Waals surface area (Å²) in [6, 6.07) is 4.55. The molecule has 0 spiro atoms. The van der Waals surface area contributed by atoms with Gasteiger partial charge in [0.2, 0.25) is 5.88 Å². The van der Waals surface area contributed by atoms with E-state index in [0.29, 0.717) is 36.8 Å². The number of H-pyrrole nitrogens is 1. The van der Waals surface area contributed by atoms with Gasteiger partial charge in [0.15, 0.2) is 6.10 Å². The van der Waals surface area contributed by atoms with Gasteiger partial charge < -0.3 is 14.2 Å². The van der Waals surface area contributed by atoms with Gasteiger partial charge in [-0.25, -0.2) is 9.78 Å². The van der Waals surface area contributed by atoms with E-state index in [9.17, 15) is 18.0 Å². The zero-order chi connectivity index (χ0) is 21.3. The molecule has 1 unspecified atom stereocenters. The van der Waals surface area contributed by atoms with Crippen molar-refractivity contribution in [3.05, 3.63) is 41.2 Å². The summed E-state index contributed by atoms with van der Waals surface area (Å²) in [5.74, 6) is 0.0714. The number of aromatic amines is 1. The van der Waals surface area contributed by atoms with Crippen LogP contribution in [0, 0.1) is 0 Å². The summed E-state index contributed by atoms with van der Waals surface area (Å²) in [6.45, 7) is 1.99. The molecular weight excluding hydrogens is 405 g/mol. The minimum Gasteiger partial charge on any atom is -0.480 e. The van der Waals surface area contributed by atoms with Gasteiger partial charge in [0, 0.05) is 25.1 Å². The summed E-state index contributed by atoms with van der Waals surface area (Å²) in [7, 11) is 0. The number of hydrogen-bond acceptors (Lipinski definition) is 6. The van der Waals surface area contributed by atoms with Gasteiger partial charge in [0.1, 0.15) is 18.2 Å². The van der Waals surface area contributed by atoms with Crippen molar-refractivity contribution in [1.82, 2.24) is 19.7 Å². The van der Waals surface area contributed by atoms with Crippen molar-refractivity contribution in [2.45, 2.75) is 38.1 Å². The number of nitrogens with one attached hydrogen (secondary N) is 1. The molecule has 1 atom stereocenters. The van der Waals surface area contributed by atoms with E-state index < -0.39 is 18.0 Å².